The third kappa shape index (κ3) is 14.5. The third-order valence-corrected chi connectivity index (χ3v) is 8.87. The van der Waals surface area contributed by atoms with Gasteiger partial charge in [-0.25, -0.2) is 9.59 Å². The molecule has 6 aromatic rings. The van der Waals surface area contributed by atoms with Gasteiger partial charge in [0.25, 0.3) is 0 Å². The van der Waals surface area contributed by atoms with E-state index in [9.17, 15) is 0 Å². The average molecular weight is 797 g/mol. The van der Waals surface area contributed by atoms with Crippen LogP contribution in [0.15, 0.2) is 109 Å². The van der Waals surface area contributed by atoms with Crippen molar-refractivity contribution in [1.29, 1.82) is 0 Å². The zero-order chi connectivity index (χ0) is 42.8. The molecule has 4 N–H and O–H groups in total. The molecular weight excluding hydrogens is 745 g/mol. The molecular formula is C44H52N4O10. The first-order valence-corrected chi connectivity index (χ1v) is 18.5. The van der Waals surface area contributed by atoms with E-state index in [0.717, 1.165) is 50.5 Å². The molecule has 14 heteroatoms. The Kier molecular flexibility index (Phi) is 18.0. The van der Waals surface area contributed by atoms with E-state index in [1.54, 1.807) is 14.2 Å². The number of fused-ring (bicyclic) bond motifs is 2. The van der Waals surface area contributed by atoms with Gasteiger partial charge in [0, 0.05) is 60.1 Å². The van der Waals surface area contributed by atoms with Crippen LogP contribution in [0.3, 0.4) is 0 Å². The van der Waals surface area contributed by atoms with E-state index in [1.807, 2.05) is 12.1 Å². The van der Waals surface area contributed by atoms with Crippen LogP contribution in [0.25, 0.3) is 21.8 Å². The number of carboxylic acid groups (broad SMARTS) is 4. The molecule has 4 aromatic carbocycles. The number of rotatable bonds is 12. The number of nitrogens with one attached hydrogen (secondary N) is 2. The van der Waals surface area contributed by atoms with Crippen LogP contribution in [0.2, 0.25) is 0 Å². The maximum absolute atomic E-state index is 9.10. The molecule has 0 saturated carbocycles. The van der Waals surface area contributed by atoms with E-state index in [4.69, 9.17) is 49.1 Å². The van der Waals surface area contributed by atoms with Crippen LogP contribution in [-0.4, -0.2) is 98.7 Å². The molecule has 0 aliphatic rings. The normalized spacial score (nSPS) is 10.5. The molecule has 0 atom stereocenters. The minimum absolute atomic E-state index is 0.901. The highest BCUT2D eigenvalue weighted by Gasteiger charge is 2.13. The fourth-order valence-electron chi connectivity index (χ4n) is 5.94. The monoisotopic (exact) mass is 796 g/mol. The first kappa shape index (κ1) is 45.7. The number of likely N-dealkylation sites (N-methyl/N-ethyl adjacent to an activating group) is 2. The van der Waals surface area contributed by atoms with Crippen molar-refractivity contribution in [3.05, 3.63) is 132 Å². The number of methoxy groups -OCH3 is 2. The lowest BCUT2D eigenvalue weighted by atomic mass is 10.1. The minimum Gasteiger partial charge on any atom is -0.543 e. The quantitative estimate of drug-likeness (QED) is 0.126. The number of ether oxygens (including phenoxy) is 2. The molecule has 6 rings (SSSR count). The van der Waals surface area contributed by atoms with Crippen LogP contribution < -0.4 is 29.5 Å². The highest BCUT2D eigenvalue weighted by Crippen LogP contribution is 2.28. The van der Waals surface area contributed by atoms with Crippen LogP contribution in [-0.2, 0) is 45.1 Å². The van der Waals surface area contributed by atoms with Crippen molar-refractivity contribution in [3.8, 4) is 11.5 Å². The van der Waals surface area contributed by atoms with Crippen molar-refractivity contribution in [1.82, 2.24) is 9.13 Å². The SMILES string of the molecule is COc1ccc2c(c1)c(CC[NH+](C)C)cn2Cc1ccccc1.COc1ccc2c(c1)c(CC[NH+](C)C)cn2Cc1ccccc1.O=C(O)C(=O)O.O=C([O-])C(=O)[O-]. The van der Waals surface area contributed by atoms with Gasteiger partial charge in [-0.05, 0) is 58.7 Å². The van der Waals surface area contributed by atoms with E-state index >= 15 is 0 Å². The Morgan fingerprint density at radius 3 is 1.19 bits per heavy atom. The number of carbonyl (C=O) groups is 4. The predicted octanol–water partition coefficient (Wildman–Crippen LogP) is 0.412. The Balaban J connectivity index is 0.000000243. The first-order valence-electron chi connectivity index (χ1n) is 18.5. The fourth-order valence-corrected chi connectivity index (χ4v) is 5.94. The summed E-state index contributed by atoms with van der Waals surface area (Å²) >= 11 is 0. The molecule has 308 valence electrons. The molecule has 2 heterocycles. The lowest BCUT2D eigenvalue weighted by molar-refractivity contribution is -0.858. The van der Waals surface area contributed by atoms with E-state index in [2.05, 4.69) is 135 Å². The molecule has 0 amide bonds. The van der Waals surface area contributed by atoms with Gasteiger partial charge in [-0.1, -0.05) is 60.7 Å². The summed E-state index contributed by atoms with van der Waals surface area (Å²) in [6.45, 7) is 4.06. The Labute approximate surface area is 337 Å². The third-order valence-electron chi connectivity index (χ3n) is 8.87. The maximum atomic E-state index is 9.10. The summed E-state index contributed by atoms with van der Waals surface area (Å²) in [5.74, 6) is -6.17. The second-order valence-electron chi connectivity index (χ2n) is 13.9. The largest absolute Gasteiger partial charge is 0.543 e. The van der Waals surface area contributed by atoms with Crippen molar-refractivity contribution >= 4 is 45.7 Å². The van der Waals surface area contributed by atoms with Gasteiger partial charge >= 0.3 is 11.9 Å². The van der Waals surface area contributed by atoms with Gasteiger partial charge in [-0.3, -0.25) is 0 Å². The van der Waals surface area contributed by atoms with Crippen molar-refractivity contribution in [2.75, 3.05) is 55.5 Å². The molecule has 14 nitrogen and oxygen atoms in total. The topological polar surface area (TPSA) is 192 Å². The molecule has 0 radical (unpaired) electrons. The highest BCUT2D eigenvalue weighted by atomic mass is 16.5. The van der Waals surface area contributed by atoms with Gasteiger partial charge in [0.1, 0.15) is 11.5 Å². The van der Waals surface area contributed by atoms with Crippen molar-refractivity contribution in [3.63, 3.8) is 0 Å². The summed E-state index contributed by atoms with van der Waals surface area (Å²) < 4.78 is 15.5. The summed E-state index contributed by atoms with van der Waals surface area (Å²) in [5.41, 5.74) is 8.00. The minimum atomic E-state index is -2.19. The van der Waals surface area contributed by atoms with Crippen molar-refractivity contribution in [2.24, 2.45) is 0 Å². The van der Waals surface area contributed by atoms with Gasteiger partial charge in [0.15, 0.2) is 0 Å². The molecule has 0 unspecified atom stereocenters. The second-order valence-corrected chi connectivity index (χ2v) is 13.9. The number of aromatic nitrogens is 2. The summed E-state index contributed by atoms with van der Waals surface area (Å²) in [4.78, 5) is 39.0. The van der Waals surface area contributed by atoms with E-state index in [0.29, 0.717) is 0 Å². The van der Waals surface area contributed by atoms with Crippen molar-refractivity contribution < 1.29 is 58.9 Å². The molecule has 0 aliphatic carbocycles. The van der Waals surface area contributed by atoms with Gasteiger partial charge in [-0.2, -0.15) is 0 Å². The Morgan fingerprint density at radius 1 is 0.569 bits per heavy atom. The number of hydrogen-bond donors (Lipinski definition) is 4. The molecule has 0 fully saturated rings. The summed E-state index contributed by atoms with van der Waals surface area (Å²) in [6.07, 6.45) is 6.77. The van der Waals surface area contributed by atoms with Crippen LogP contribution in [0.5, 0.6) is 11.5 Å². The zero-order valence-electron chi connectivity index (χ0n) is 33.7. The lowest BCUT2D eigenvalue weighted by Crippen LogP contribution is -3.05. The number of carboxylic acids is 4. The molecule has 0 saturated heterocycles. The molecule has 0 bridgehead atoms. The van der Waals surface area contributed by atoms with E-state index < -0.39 is 23.9 Å². The molecule has 0 aliphatic heterocycles. The molecule has 58 heavy (non-hydrogen) atoms. The average Bonchev–Trinajstić information content (AvgIpc) is 3.73. The summed E-state index contributed by atoms with van der Waals surface area (Å²) in [6, 6.07) is 34.0. The van der Waals surface area contributed by atoms with E-state index in [1.165, 1.54) is 53.9 Å². The Hall–Kier alpha value is -6.64. The van der Waals surface area contributed by atoms with Crippen molar-refractivity contribution in [2.45, 2.75) is 25.9 Å². The smallest absolute Gasteiger partial charge is 0.414 e. The van der Waals surface area contributed by atoms with Crippen LogP contribution >= 0.6 is 0 Å². The number of benzene rings is 4. The number of hydrogen-bond acceptors (Lipinski definition) is 8. The summed E-state index contributed by atoms with van der Waals surface area (Å²) in [5, 5.41) is 35.2. The zero-order valence-corrected chi connectivity index (χ0v) is 33.7. The molecule has 0 spiro atoms. The first-order chi connectivity index (χ1) is 27.6. The van der Waals surface area contributed by atoms with Gasteiger partial charge < -0.3 is 58.4 Å². The second kappa shape index (κ2) is 22.8. The summed E-state index contributed by atoms with van der Waals surface area (Å²) in [7, 11) is 12.2. The highest BCUT2D eigenvalue weighted by molar-refractivity contribution is 6.27. The Morgan fingerprint density at radius 2 is 0.914 bits per heavy atom. The van der Waals surface area contributed by atoms with Crippen LogP contribution in [0.4, 0.5) is 0 Å². The van der Waals surface area contributed by atoms with Gasteiger partial charge in [0.2, 0.25) is 0 Å². The van der Waals surface area contributed by atoms with Crippen LogP contribution in [0.1, 0.15) is 22.3 Å². The van der Waals surface area contributed by atoms with Crippen LogP contribution in [0, 0.1) is 0 Å². The lowest BCUT2D eigenvalue weighted by Gasteiger charge is -2.06. The predicted molar refractivity (Wildman–Crippen MR) is 216 cm³/mol. The number of nitrogens with zero attached hydrogens (tertiary/aromatic N) is 2. The standard InChI is InChI=1S/2C20H24N2O.2C2H2O4/c2*1-21(2)12-11-17-15-22(14-16-7-5-4-6-8-16)20-10-9-18(23-3)13-19(17)20;2*3-1(4)2(5)6/h2*4-10,13,15H,11-12,14H2,1-3H3;2*(H,3,4)(H,5,6). The van der Waals surface area contributed by atoms with E-state index in [-0.39, 0.29) is 0 Å². The number of aliphatic carboxylic acids is 4. The van der Waals surface area contributed by atoms with Gasteiger partial charge in [-0.15, -0.1) is 0 Å². The fraction of sp³-hybridized carbons (Fsp3) is 0.273. The number of carbonyl (C=O) groups excluding carboxylic acids is 2. The Bertz CT molecular complexity index is 2060. The van der Waals surface area contributed by atoms with Gasteiger partial charge in [0.05, 0.1) is 67.4 Å². The number of quaternary nitrogens is 2. The maximum Gasteiger partial charge on any atom is 0.414 e. The molecule has 2 aromatic heterocycles.